The SMILES string of the molecule is O=C(Cc1cccc(F)c1)c1cc2cc([C@@H]3CCCN(CCO)C3)ccc2[nH]1. The summed E-state index contributed by atoms with van der Waals surface area (Å²) < 4.78 is 13.3. The molecule has 2 heterocycles. The molecule has 1 atom stereocenters. The van der Waals surface area contributed by atoms with Crippen LogP contribution in [0.1, 0.15) is 40.4 Å². The number of ketones is 1. The number of piperidine rings is 1. The number of aromatic nitrogens is 1. The van der Waals surface area contributed by atoms with E-state index in [1.807, 2.05) is 12.1 Å². The van der Waals surface area contributed by atoms with Gasteiger partial charge in [-0.1, -0.05) is 18.2 Å². The maximum atomic E-state index is 13.3. The maximum absolute atomic E-state index is 13.3. The van der Waals surface area contributed by atoms with E-state index < -0.39 is 0 Å². The number of benzene rings is 2. The smallest absolute Gasteiger partial charge is 0.183 e. The minimum atomic E-state index is -0.325. The Balaban J connectivity index is 1.52. The predicted octanol–water partition coefficient (Wildman–Crippen LogP) is 3.90. The second kappa shape index (κ2) is 8.25. The van der Waals surface area contributed by atoms with Gasteiger partial charge in [-0.15, -0.1) is 0 Å². The molecule has 1 saturated heterocycles. The maximum Gasteiger partial charge on any atom is 0.183 e. The Hall–Kier alpha value is -2.50. The van der Waals surface area contributed by atoms with Crippen molar-refractivity contribution in [2.75, 3.05) is 26.2 Å². The fourth-order valence-corrected chi connectivity index (χ4v) is 4.15. The first-order valence-corrected chi connectivity index (χ1v) is 9.86. The molecule has 2 aromatic carbocycles. The van der Waals surface area contributed by atoms with Crippen LogP contribution in [0, 0.1) is 5.82 Å². The summed E-state index contributed by atoms with van der Waals surface area (Å²) in [5.74, 6) is 0.0792. The van der Waals surface area contributed by atoms with Gasteiger partial charge >= 0.3 is 0 Å². The average molecular weight is 380 g/mol. The third-order valence-corrected chi connectivity index (χ3v) is 5.59. The number of hydrogen-bond acceptors (Lipinski definition) is 3. The number of nitrogens with one attached hydrogen (secondary N) is 1. The fraction of sp³-hybridized carbons (Fsp3) is 0.348. The van der Waals surface area contributed by atoms with Gasteiger partial charge in [0.15, 0.2) is 5.78 Å². The van der Waals surface area contributed by atoms with Crippen LogP contribution in [0.2, 0.25) is 0 Å². The first kappa shape index (κ1) is 18.8. The minimum Gasteiger partial charge on any atom is -0.395 e. The Morgan fingerprint density at radius 3 is 2.93 bits per heavy atom. The van der Waals surface area contributed by atoms with E-state index in [4.69, 9.17) is 0 Å². The number of nitrogens with zero attached hydrogens (tertiary/aromatic N) is 1. The zero-order chi connectivity index (χ0) is 19.5. The molecule has 0 saturated carbocycles. The number of aliphatic hydroxyl groups is 1. The Bertz CT molecular complexity index is 980. The number of rotatable bonds is 6. The van der Waals surface area contributed by atoms with E-state index in [-0.39, 0.29) is 24.6 Å². The highest BCUT2D eigenvalue weighted by Crippen LogP contribution is 2.29. The molecule has 28 heavy (non-hydrogen) atoms. The lowest BCUT2D eigenvalue weighted by molar-refractivity contribution is 0.0989. The van der Waals surface area contributed by atoms with Crippen LogP contribution >= 0.6 is 0 Å². The molecule has 1 fully saturated rings. The van der Waals surface area contributed by atoms with Crippen molar-refractivity contribution in [2.45, 2.75) is 25.2 Å². The number of fused-ring (bicyclic) bond motifs is 1. The summed E-state index contributed by atoms with van der Waals surface area (Å²) in [5.41, 5.74) is 3.45. The molecule has 0 unspecified atom stereocenters. The van der Waals surface area contributed by atoms with Crippen LogP contribution in [-0.4, -0.2) is 47.0 Å². The molecule has 4 rings (SSSR count). The van der Waals surface area contributed by atoms with Gasteiger partial charge in [-0.25, -0.2) is 4.39 Å². The number of β-amino-alcohol motifs (C(OH)–C–C–N with tert-alkyl or cyclic N) is 1. The predicted molar refractivity (Wildman–Crippen MR) is 108 cm³/mol. The van der Waals surface area contributed by atoms with Gasteiger partial charge in [0.2, 0.25) is 0 Å². The number of H-pyrrole nitrogens is 1. The number of halogens is 1. The molecule has 0 amide bonds. The van der Waals surface area contributed by atoms with E-state index >= 15 is 0 Å². The number of aliphatic hydroxyl groups excluding tert-OH is 1. The molecule has 5 heteroatoms. The van der Waals surface area contributed by atoms with Gasteiger partial charge in [-0.05, 0) is 66.8 Å². The number of carbonyl (C=O) groups excluding carboxylic acids is 1. The molecular formula is C23H25FN2O2. The Labute approximate surface area is 164 Å². The number of likely N-dealkylation sites (tertiary alicyclic amines) is 1. The van der Waals surface area contributed by atoms with Gasteiger partial charge in [-0.3, -0.25) is 4.79 Å². The van der Waals surface area contributed by atoms with Crippen molar-refractivity contribution in [2.24, 2.45) is 0 Å². The number of Topliss-reactive ketones (excluding diaryl/α,β-unsaturated/α-hetero) is 1. The Morgan fingerprint density at radius 1 is 1.21 bits per heavy atom. The molecule has 0 bridgehead atoms. The van der Waals surface area contributed by atoms with Crippen molar-refractivity contribution in [3.05, 3.63) is 71.2 Å². The first-order chi connectivity index (χ1) is 13.6. The minimum absolute atomic E-state index is 0.0462. The van der Waals surface area contributed by atoms with Crippen molar-refractivity contribution in [1.29, 1.82) is 0 Å². The summed E-state index contributed by atoms with van der Waals surface area (Å²) in [5, 5.41) is 10.2. The van der Waals surface area contributed by atoms with Crippen molar-refractivity contribution in [3.8, 4) is 0 Å². The van der Waals surface area contributed by atoms with Gasteiger partial charge < -0.3 is 15.0 Å². The van der Waals surface area contributed by atoms with Crippen LogP contribution in [0.25, 0.3) is 10.9 Å². The van der Waals surface area contributed by atoms with Crippen LogP contribution in [-0.2, 0) is 6.42 Å². The molecule has 0 radical (unpaired) electrons. The van der Waals surface area contributed by atoms with Gasteiger partial charge in [0.25, 0.3) is 0 Å². The lowest BCUT2D eigenvalue weighted by Gasteiger charge is -2.32. The third kappa shape index (κ3) is 4.16. The topological polar surface area (TPSA) is 56.3 Å². The first-order valence-electron chi connectivity index (χ1n) is 9.86. The lowest BCUT2D eigenvalue weighted by Crippen LogP contribution is -2.36. The van der Waals surface area contributed by atoms with Crippen molar-refractivity contribution >= 4 is 16.7 Å². The molecule has 4 nitrogen and oxygen atoms in total. The molecule has 146 valence electrons. The monoisotopic (exact) mass is 380 g/mol. The third-order valence-electron chi connectivity index (χ3n) is 5.59. The highest BCUT2D eigenvalue weighted by molar-refractivity contribution is 6.00. The van der Waals surface area contributed by atoms with E-state index in [1.165, 1.54) is 17.7 Å². The summed E-state index contributed by atoms with van der Waals surface area (Å²) in [6.45, 7) is 2.92. The highest BCUT2D eigenvalue weighted by atomic mass is 19.1. The van der Waals surface area contributed by atoms with E-state index in [2.05, 4.69) is 22.0 Å². The standard InChI is InChI=1S/C23H25FN2O2/c24-20-5-1-3-16(11-20)12-23(28)22-14-19-13-17(6-7-21(19)25-22)18-4-2-8-26(15-18)9-10-27/h1,3,5-7,11,13-14,18,25,27H,2,4,8-10,12,15H2/t18-/m1/s1. The molecule has 0 aliphatic carbocycles. The number of hydrogen-bond donors (Lipinski definition) is 2. The summed E-state index contributed by atoms with van der Waals surface area (Å²) >= 11 is 0. The highest BCUT2D eigenvalue weighted by Gasteiger charge is 2.21. The summed E-state index contributed by atoms with van der Waals surface area (Å²) in [6, 6.07) is 14.4. The largest absolute Gasteiger partial charge is 0.395 e. The van der Waals surface area contributed by atoms with Crippen LogP contribution in [0.5, 0.6) is 0 Å². The van der Waals surface area contributed by atoms with Crippen LogP contribution in [0.4, 0.5) is 4.39 Å². The quantitative estimate of drug-likeness (QED) is 0.638. The van der Waals surface area contributed by atoms with Gasteiger partial charge in [0.05, 0.1) is 12.3 Å². The molecule has 1 aliphatic rings. The second-order valence-corrected chi connectivity index (χ2v) is 7.62. The molecule has 3 aromatic rings. The molecule has 1 aromatic heterocycles. The Morgan fingerprint density at radius 2 is 2.11 bits per heavy atom. The van der Waals surface area contributed by atoms with Crippen molar-refractivity contribution < 1.29 is 14.3 Å². The van der Waals surface area contributed by atoms with Crippen LogP contribution < -0.4 is 0 Å². The Kier molecular flexibility index (Phi) is 5.55. The van der Waals surface area contributed by atoms with Gasteiger partial charge in [0, 0.05) is 30.4 Å². The second-order valence-electron chi connectivity index (χ2n) is 7.62. The van der Waals surface area contributed by atoms with E-state index in [9.17, 15) is 14.3 Å². The molecule has 0 spiro atoms. The van der Waals surface area contributed by atoms with E-state index in [0.29, 0.717) is 17.2 Å². The normalized spacial score (nSPS) is 17.9. The summed E-state index contributed by atoms with van der Waals surface area (Å²) in [6.07, 6.45) is 2.45. The van der Waals surface area contributed by atoms with Gasteiger partial charge in [-0.2, -0.15) is 0 Å². The lowest BCUT2D eigenvalue weighted by atomic mass is 9.90. The summed E-state index contributed by atoms with van der Waals surface area (Å²) in [7, 11) is 0. The molecule has 2 N–H and O–H groups in total. The number of carbonyl (C=O) groups is 1. The van der Waals surface area contributed by atoms with Crippen molar-refractivity contribution in [1.82, 2.24) is 9.88 Å². The van der Waals surface area contributed by atoms with E-state index in [0.717, 1.165) is 43.4 Å². The molecule has 1 aliphatic heterocycles. The summed E-state index contributed by atoms with van der Waals surface area (Å²) in [4.78, 5) is 18.1. The van der Waals surface area contributed by atoms with Gasteiger partial charge in [0.1, 0.15) is 5.82 Å². The van der Waals surface area contributed by atoms with E-state index in [1.54, 1.807) is 12.1 Å². The zero-order valence-corrected chi connectivity index (χ0v) is 15.8. The molecular weight excluding hydrogens is 355 g/mol. The van der Waals surface area contributed by atoms with Crippen LogP contribution in [0.15, 0.2) is 48.5 Å². The van der Waals surface area contributed by atoms with Crippen LogP contribution in [0.3, 0.4) is 0 Å². The van der Waals surface area contributed by atoms with Crippen molar-refractivity contribution in [3.63, 3.8) is 0 Å². The number of aromatic amines is 1. The zero-order valence-electron chi connectivity index (χ0n) is 15.8. The average Bonchev–Trinajstić information content (AvgIpc) is 3.12. The fourth-order valence-electron chi connectivity index (χ4n) is 4.15.